The fraction of sp³-hybridized carbons (Fsp3) is 0.150. The van der Waals surface area contributed by atoms with Crippen molar-refractivity contribution in [3.05, 3.63) is 86.9 Å². The second kappa shape index (κ2) is 9.13. The van der Waals surface area contributed by atoms with Gasteiger partial charge in [0.15, 0.2) is 29.0 Å². The third kappa shape index (κ3) is 5.03. The number of benzene rings is 1. The minimum atomic E-state index is -4.58. The number of carbonyl (C=O) groups excluding carboxylic acids is 1. The molecule has 1 amide bonds. The second-order valence-corrected chi connectivity index (χ2v) is 8.06. The summed E-state index contributed by atoms with van der Waals surface area (Å²) >= 11 is 1.01. The van der Waals surface area contributed by atoms with Crippen LogP contribution in [-0.2, 0) is 19.3 Å². The van der Waals surface area contributed by atoms with Crippen LogP contribution in [0.25, 0.3) is 0 Å². The molecule has 0 saturated heterocycles. The quantitative estimate of drug-likeness (QED) is 0.216. The zero-order valence-corrected chi connectivity index (χ0v) is 17.8. The van der Waals surface area contributed by atoms with Crippen LogP contribution in [0.3, 0.4) is 0 Å². The molecule has 0 atom stereocenters. The van der Waals surface area contributed by atoms with Gasteiger partial charge < -0.3 is 5.32 Å². The lowest BCUT2D eigenvalue weighted by atomic mass is 10.1. The van der Waals surface area contributed by atoms with Gasteiger partial charge in [-0.1, -0.05) is 0 Å². The monoisotopic (exact) mass is 521 g/mol. The highest BCUT2D eigenvalue weighted by molar-refractivity contribution is 7.12. The molecule has 1 aromatic carbocycles. The molecule has 0 saturated carbocycles. The maximum absolute atomic E-state index is 13.9. The molecule has 0 bridgehead atoms. The van der Waals surface area contributed by atoms with E-state index < -0.39 is 59.0 Å². The van der Waals surface area contributed by atoms with Gasteiger partial charge in [0.05, 0.1) is 35.4 Å². The van der Waals surface area contributed by atoms with E-state index in [2.05, 4.69) is 15.5 Å². The number of nitrogens with zero attached hydrogens (tertiary/aromatic N) is 4. The number of nitrogens with one attached hydrogen (secondary N) is 1. The summed E-state index contributed by atoms with van der Waals surface area (Å²) in [6.45, 7) is -0.811. The average Bonchev–Trinajstić information content (AvgIpc) is 3.55. The minimum Gasteiger partial charge on any atom is -0.319 e. The standard InChI is InChI=1S/C20H11F8N5OS/c21-14-11(15(22)17(24)18(25)16(14)23)7-33-6-10(4-29-33)30-19(34)12-3-9(8-35-12)5-32-2-1-13(31-32)20(26,27)28/h1-4,6,8H,5,7H2,(H,30,34). The van der Waals surface area contributed by atoms with E-state index >= 15 is 0 Å². The summed E-state index contributed by atoms with van der Waals surface area (Å²) in [7, 11) is 0. The molecule has 0 aliphatic heterocycles. The highest BCUT2D eigenvalue weighted by Crippen LogP contribution is 2.28. The van der Waals surface area contributed by atoms with Crippen molar-refractivity contribution in [2.45, 2.75) is 19.3 Å². The number of alkyl halides is 3. The van der Waals surface area contributed by atoms with Crippen LogP contribution in [0.15, 0.2) is 36.1 Å². The van der Waals surface area contributed by atoms with Gasteiger partial charge in [-0.3, -0.25) is 14.2 Å². The van der Waals surface area contributed by atoms with E-state index in [1.165, 1.54) is 6.07 Å². The summed E-state index contributed by atoms with van der Waals surface area (Å²) in [6.07, 6.45) is -1.21. The normalized spacial score (nSPS) is 11.8. The summed E-state index contributed by atoms with van der Waals surface area (Å²) in [5.41, 5.74) is -1.57. The molecule has 35 heavy (non-hydrogen) atoms. The van der Waals surface area contributed by atoms with Gasteiger partial charge >= 0.3 is 6.18 Å². The zero-order valence-electron chi connectivity index (χ0n) is 17.0. The molecular weight excluding hydrogens is 510 g/mol. The Labute approximate surface area is 194 Å². The number of carbonyl (C=O) groups is 1. The van der Waals surface area contributed by atoms with Gasteiger partial charge in [0.25, 0.3) is 5.91 Å². The van der Waals surface area contributed by atoms with Crippen LogP contribution in [0.4, 0.5) is 40.8 Å². The van der Waals surface area contributed by atoms with Crippen molar-refractivity contribution in [1.82, 2.24) is 19.6 Å². The van der Waals surface area contributed by atoms with Crippen LogP contribution in [0.2, 0.25) is 0 Å². The molecule has 4 rings (SSSR count). The molecule has 0 fully saturated rings. The first-order valence-electron chi connectivity index (χ1n) is 9.46. The SMILES string of the molecule is O=C(Nc1cnn(Cc2c(F)c(F)c(F)c(F)c2F)c1)c1cc(Cn2ccc(C(F)(F)F)n2)cs1. The molecule has 3 aromatic heterocycles. The summed E-state index contributed by atoms with van der Waals surface area (Å²) in [4.78, 5) is 12.6. The fourth-order valence-electron chi connectivity index (χ4n) is 3.02. The number of halogens is 8. The van der Waals surface area contributed by atoms with Gasteiger partial charge in [-0.05, 0) is 23.1 Å². The van der Waals surface area contributed by atoms with Gasteiger partial charge in [0, 0.05) is 12.4 Å². The molecule has 0 aliphatic rings. The smallest absolute Gasteiger partial charge is 0.319 e. The molecule has 15 heteroatoms. The van der Waals surface area contributed by atoms with E-state index in [9.17, 15) is 39.9 Å². The molecule has 0 radical (unpaired) electrons. The van der Waals surface area contributed by atoms with Crippen LogP contribution in [0.1, 0.15) is 26.5 Å². The van der Waals surface area contributed by atoms with Gasteiger partial charge in [0.1, 0.15) is 0 Å². The van der Waals surface area contributed by atoms with Gasteiger partial charge in [0.2, 0.25) is 5.82 Å². The molecule has 0 spiro atoms. The summed E-state index contributed by atoms with van der Waals surface area (Å²) in [6, 6.07) is 2.26. The Bertz CT molecular complexity index is 1380. The number of aromatic nitrogens is 4. The van der Waals surface area contributed by atoms with Crippen molar-refractivity contribution in [2.75, 3.05) is 5.32 Å². The first-order chi connectivity index (χ1) is 16.4. The fourth-order valence-corrected chi connectivity index (χ4v) is 3.82. The number of rotatable bonds is 6. The molecule has 184 valence electrons. The largest absolute Gasteiger partial charge is 0.435 e. The van der Waals surface area contributed by atoms with E-state index in [0.29, 0.717) is 5.56 Å². The van der Waals surface area contributed by atoms with E-state index in [1.54, 1.807) is 5.38 Å². The van der Waals surface area contributed by atoms with Gasteiger partial charge in [-0.15, -0.1) is 11.3 Å². The molecule has 0 unspecified atom stereocenters. The maximum atomic E-state index is 13.9. The van der Waals surface area contributed by atoms with Crippen molar-refractivity contribution in [3.8, 4) is 0 Å². The molecule has 0 aliphatic carbocycles. The lowest BCUT2D eigenvalue weighted by molar-refractivity contribution is -0.141. The Kier molecular flexibility index (Phi) is 6.36. The molecule has 3 heterocycles. The van der Waals surface area contributed by atoms with Crippen LogP contribution < -0.4 is 5.32 Å². The number of amides is 1. The van der Waals surface area contributed by atoms with Gasteiger partial charge in [-0.2, -0.15) is 23.4 Å². The summed E-state index contributed by atoms with van der Waals surface area (Å²) < 4.78 is 107. The van der Waals surface area contributed by atoms with Crippen molar-refractivity contribution in [2.24, 2.45) is 0 Å². The number of anilines is 1. The van der Waals surface area contributed by atoms with Crippen LogP contribution >= 0.6 is 11.3 Å². The third-order valence-electron chi connectivity index (χ3n) is 4.67. The van der Waals surface area contributed by atoms with Crippen molar-refractivity contribution in [3.63, 3.8) is 0 Å². The van der Waals surface area contributed by atoms with Gasteiger partial charge in [-0.25, -0.2) is 22.0 Å². The second-order valence-electron chi connectivity index (χ2n) is 7.14. The molecule has 6 nitrogen and oxygen atoms in total. The Hall–Kier alpha value is -3.75. The highest BCUT2D eigenvalue weighted by Gasteiger charge is 2.33. The Morgan fingerprint density at radius 1 is 0.971 bits per heavy atom. The third-order valence-corrected chi connectivity index (χ3v) is 5.64. The highest BCUT2D eigenvalue weighted by atomic mass is 32.1. The van der Waals surface area contributed by atoms with Crippen molar-refractivity contribution >= 4 is 22.9 Å². The van der Waals surface area contributed by atoms with Crippen LogP contribution in [0, 0.1) is 29.1 Å². The van der Waals surface area contributed by atoms with Crippen molar-refractivity contribution < 1.29 is 39.9 Å². The average molecular weight is 521 g/mol. The van der Waals surface area contributed by atoms with E-state index in [1.807, 2.05) is 0 Å². The lowest BCUT2D eigenvalue weighted by Crippen LogP contribution is -2.12. The maximum Gasteiger partial charge on any atom is 0.435 e. The molecule has 1 N–H and O–H groups in total. The zero-order chi connectivity index (χ0) is 25.5. The topological polar surface area (TPSA) is 64.7 Å². The lowest BCUT2D eigenvalue weighted by Gasteiger charge is -2.08. The first kappa shape index (κ1) is 24.4. The summed E-state index contributed by atoms with van der Waals surface area (Å²) in [5, 5.41) is 11.2. The Morgan fingerprint density at radius 3 is 2.26 bits per heavy atom. The minimum absolute atomic E-state index is 0.0142. The van der Waals surface area contributed by atoms with Crippen LogP contribution in [0.5, 0.6) is 0 Å². The van der Waals surface area contributed by atoms with E-state index in [-0.39, 0.29) is 17.1 Å². The first-order valence-corrected chi connectivity index (χ1v) is 10.3. The van der Waals surface area contributed by atoms with Crippen LogP contribution in [-0.4, -0.2) is 25.5 Å². The Morgan fingerprint density at radius 2 is 1.63 bits per heavy atom. The number of hydrogen-bond donors (Lipinski definition) is 1. The molecule has 4 aromatic rings. The predicted molar refractivity (Wildman–Crippen MR) is 106 cm³/mol. The van der Waals surface area contributed by atoms with E-state index in [0.717, 1.165) is 45.4 Å². The number of thiophene rings is 1. The van der Waals surface area contributed by atoms with Crippen molar-refractivity contribution in [1.29, 1.82) is 0 Å². The van der Waals surface area contributed by atoms with E-state index in [4.69, 9.17) is 0 Å². The number of hydrogen-bond acceptors (Lipinski definition) is 4. The molecular formula is C20H11F8N5OS. The Balaban J connectivity index is 1.42. The summed E-state index contributed by atoms with van der Waals surface area (Å²) in [5.74, 6) is -11.0. The predicted octanol–water partition coefficient (Wildman–Crippen LogP) is 5.20.